The second-order valence-electron chi connectivity index (χ2n) is 9.33. The highest BCUT2D eigenvalue weighted by molar-refractivity contribution is 6.24. The van der Waals surface area contributed by atoms with Crippen molar-refractivity contribution in [3.63, 3.8) is 0 Å². The summed E-state index contributed by atoms with van der Waals surface area (Å²) < 4.78 is 6.36. The molecule has 1 aromatic heterocycles. The zero-order valence-corrected chi connectivity index (χ0v) is 19.0. The number of fused-ring (bicyclic) bond motifs is 9. The summed E-state index contributed by atoms with van der Waals surface area (Å²) in [6.07, 6.45) is 0. The first kappa shape index (κ1) is 18.8. The fraction of sp³-hybridized carbons (Fsp3) is 0. The van der Waals surface area contributed by atoms with E-state index < -0.39 is 0 Å². The van der Waals surface area contributed by atoms with E-state index in [9.17, 15) is 0 Å². The Hall–Kier alpha value is -4.62. The summed E-state index contributed by atoms with van der Waals surface area (Å²) in [5.41, 5.74) is 4.31. The molecule has 0 atom stereocenters. The second kappa shape index (κ2) is 6.94. The third kappa shape index (κ3) is 2.64. The molecule has 7 aromatic carbocycles. The van der Waals surface area contributed by atoms with Crippen molar-refractivity contribution in [3.8, 4) is 11.1 Å². The van der Waals surface area contributed by atoms with Crippen molar-refractivity contribution in [2.75, 3.05) is 0 Å². The van der Waals surface area contributed by atoms with Crippen LogP contribution in [-0.4, -0.2) is 0 Å². The van der Waals surface area contributed by atoms with Crippen LogP contribution < -0.4 is 0 Å². The Morgan fingerprint density at radius 3 is 1.89 bits per heavy atom. The maximum Gasteiger partial charge on any atom is 0.136 e. The quantitative estimate of drug-likeness (QED) is 0.181. The lowest BCUT2D eigenvalue weighted by molar-refractivity contribution is 0.669. The molecular weight excluding hydrogens is 424 g/mol. The first-order chi connectivity index (χ1) is 17.3. The van der Waals surface area contributed by atoms with Crippen molar-refractivity contribution in [2.45, 2.75) is 0 Å². The zero-order chi connectivity index (χ0) is 22.9. The molecule has 0 N–H and O–H groups in total. The Kier molecular flexibility index (Phi) is 3.72. The van der Waals surface area contributed by atoms with E-state index in [-0.39, 0.29) is 0 Å². The van der Waals surface area contributed by atoms with Crippen LogP contribution in [0.1, 0.15) is 0 Å². The lowest BCUT2D eigenvalue weighted by Crippen LogP contribution is -1.85. The molecule has 0 aliphatic rings. The van der Waals surface area contributed by atoms with Crippen LogP contribution in [0.3, 0.4) is 0 Å². The molecule has 1 heterocycles. The molecule has 0 unspecified atom stereocenters. The van der Waals surface area contributed by atoms with Gasteiger partial charge in [0, 0.05) is 10.8 Å². The molecule has 0 saturated heterocycles. The van der Waals surface area contributed by atoms with Gasteiger partial charge in [0.2, 0.25) is 0 Å². The Morgan fingerprint density at radius 2 is 0.971 bits per heavy atom. The standard InChI is InChI=1S/C34H20O/c1-3-10-25-21(7-1)15-16-24-19-23-9-5-12-27(30(23)20-29(24)25)28-13-6-14-31-34(28)33-26-11-4-2-8-22(26)17-18-32(33)35-31/h1-20H. The minimum Gasteiger partial charge on any atom is -0.456 e. The number of benzene rings is 7. The molecule has 0 spiro atoms. The zero-order valence-electron chi connectivity index (χ0n) is 19.0. The molecule has 0 saturated carbocycles. The van der Waals surface area contributed by atoms with Crippen molar-refractivity contribution in [3.05, 3.63) is 121 Å². The van der Waals surface area contributed by atoms with Gasteiger partial charge < -0.3 is 4.42 Å². The van der Waals surface area contributed by atoms with Gasteiger partial charge in [0.25, 0.3) is 0 Å². The lowest BCUT2D eigenvalue weighted by atomic mass is 9.91. The van der Waals surface area contributed by atoms with E-state index in [2.05, 4.69) is 121 Å². The van der Waals surface area contributed by atoms with Gasteiger partial charge in [-0.05, 0) is 78.5 Å². The fourth-order valence-corrected chi connectivity index (χ4v) is 5.83. The highest BCUT2D eigenvalue weighted by atomic mass is 16.3. The van der Waals surface area contributed by atoms with Gasteiger partial charge in [-0.15, -0.1) is 0 Å². The summed E-state index contributed by atoms with van der Waals surface area (Å²) in [4.78, 5) is 0. The van der Waals surface area contributed by atoms with Crippen molar-refractivity contribution in [1.29, 1.82) is 0 Å². The maximum atomic E-state index is 6.36. The maximum absolute atomic E-state index is 6.36. The third-order valence-electron chi connectivity index (χ3n) is 7.42. The van der Waals surface area contributed by atoms with Crippen LogP contribution in [-0.2, 0) is 0 Å². The molecule has 8 aromatic rings. The average Bonchev–Trinajstić information content (AvgIpc) is 3.31. The highest BCUT2D eigenvalue weighted by Crippen LogP contribution is 2.42. The largest absolute Gasteiger partial charge is 0.456 e. The number of hydrogen-bond donors (Lipinski definition) is 0. The fourth-order valence-electron chi connectivity index (χ4n) is 5.83. The Labute approximate surface area is 201 Å². The first-order valence-corrected chi connectivity index (χ1v) is 12.0. The normalized spacial score (nSPS) is 12.0. The highest BCUT2D eigenvalue weighted by Gasteiger charge is 2.16. The first-order valence-electron chi connectivity index (χ1n) is 12.0. The van der Waals surface area contributed by atoms with Gasteiger partial charge in [0.05, 0.1) is 0 Å². The molecule has 0 amide bonds. The minimum absolute atomic E-state index is 0.928. The van der Waals surface area contributed by atoms with E-state index in [4.69, 9.17) is 4.42 Å². The topological polar surface area (TPSA) is 13.1 Å². The SMILES string of the molecule is c1cc(-c2cccc3oc4ccc5ccccc5c4c23)c2cc3c(ccc4ccccc43)cc2c1. The van der Waals surface area contributed by atoms with Gasteiger partial charge in [-0.3, -0.25) is 0 Å². The monoisotopic (exact) mass is 444 g/mol. The van der Waals surface area contributed by atoms with E-state index >= 15 is 0 Å². The summed E-state index contributed by atoms with van der Waals surface area (Å²) in [6, 6.07) is 43.7. The van der Waals surface area contributed by atoms with Gasteiger partial charge >= 0.3 is 0 Å². The molecule has 0 aliphatic heterocycles. The molecule has 1 nitrogen and oxygen atoms in total. The number of rotatable bonds is 1. The predicted molar refractivity (Wildman–Crippen MR) is 149 cm³/mol. The molecule has 0 bridgehead atoms. The predicted octanol–water partition coefficient (Wildman–Crippen LogP) is 9.87. The molecule has 0 aliphatic carbocycles. The van der Waals surface area contributed by atoms with Crippen LogP contribution >= 0.6 is 0 Å². The van der Waals surface area contributed by atoms with Crippen LogP contribution in [0.15, 0.2) is 126 Å². The van der Waals surface area contributed by atoms with Crippen LogP contribution in [0.2, 0.25) is 0 Å². The van der Waals surface area contributed by atoms with Gasteiger partial charge in [-0.1, -0.05) is 97.1 Å². The molecule has 162 valence electrons. The molecule has 35 heavy (non-hydrogen) atoms. The summed E-state index contributed by atoms with van der Waals surface area (Å²) >= 11 is 0. The van der Waals surface area contributed by atoms with Gasteiger partial charge in [-0.2, -0.15) is 0 Å². The number of hydrogen-bond acceptors (Lipinski definition) is 1. The number of furan rings is 1. The Bertz CT molecular complexity index is 2110. The third-order valence-corrected chi connectivity index (χ3v) is 7.42. The van der Waals surface area contributed by atoms with Crippen molar-refractivity contribution < 1.29 is 4.42 Å². The summed E-state index contributed by atoms with van der Waals surface area (Å²) in [7, 11) is 0. The van der Waals surface area contributed by atoms with Crippen LogP contribution in [0.4, 0.5) is 0 Å². The molecule has 8 rings (SSSR count). The second-order valence-corrected chi connectivity index (χ2v) is 9.33. The van der Waals surface area contributed by atoms with E-state index in [1.54, 1.807) is 0 Å². The van der Waals surface area contributed by atoms with Crippen LogP contribution in [0.5, 0.6) is 0 Å². The molecule has 0 fully saturated rings. The van der Waals surface area contributed by atoms with E-state index in [0.717, 1.165) is 11.2 Å². The van der Waals surface area contributed by atoms with E-state index in [0.29, 0.717) is 0 Å². The van der Waals surface area contributed by atoms with Crippen molar-refractivity contribution >= 4 is 65.0 Å². The van der Waals surface area contributed by atoms with E-state index in [1.165, 1.54) is 65.0 Å². The molecule has 1 heteroatoms. The Morgan fingerprint density at radius 1 is 0.343 bits per heavy atom. The smallest absolute Gasteiger partial charge is 0.136 e. The summed E-state index contributed by atoms with van der Waals surface area (Å²) in [5.74, 6) is 0. The van der Waals surface area contributed by atoms with Crippen LogP contribution in [0, 0.1) is 0 Å². The molecular formula is C34H20O. The minimum atomic E-state index is 0.928. The lowest BCUT2D eigenvalue weighted by Gasteiger charge is -2.12. The Balaban J connectivity index is 1.53. The molecule has 0 radical (unpaired) electrons. The van der Waals surface area contributed by atoms with Gasteiger partial charge in [0.1, 0.15) is 11.2 Å². The summed E-state index contributed by atoms with van der Waals surface area (Å²) in [6.45, 7) is 0. The van der Waals surface area contributed by atoms with Gasteiger partial charge in [-0.25, -0.2) is 0 Å². The van der Waals surface area contributed by atoms with Gasteiger partial charge in [0.15, 0.2) is 0 Å². The van der Waals surface area contributed by atoms with Crippen molar-refractivity contribution in [1.82, 2.24) is 0 Å². The van der Waals surface area contributed by atoms with Crippen molar-refractivity contribution in [2.24, 2.45) is 0 Å². The average molecular weight is 445 g/mol. The van der Waals surface area contributed by atoms with Crippen LogP contribution in [0.25, 0.3) is 76.2 Å². The summed E-state index contributed by atoms with van der Waals surface area (Å²) in [5, 5.41) is 12.5. The van der Waals surface area contributed by atoms with E-state index in [1.807, 2.05) is 0 Å².